The summed E-state index contributed by atoms with van der Waals surface area (Å²) >= 11 is 0. The normalized spacial score (nSPS) is 10.6. The minimum Gasteiger partial charge on any atom is -0.492 e. The summed E-state index contributed by atoms with van der Waals surface area (Å²) in [6.07, 6.45) is -2.68. The first-order chi connectivity index (χ1) is 11.6. The van der Waals surface area contributed by atoms with Crippen LogP contribution < -0.4 is 10.5 Å². The molecule has 4 N–H and O–H groups in total. The van der Waals surface area contributed by atoms with Crippen molar-refractivity contribution in [3.8, 4) is 5.75 Å². The van der Waals surface area contributed by atoms with Gasteiger partial charge in [-0.05, 0) is 24.3 Å². The lowest BCUT2D eigenvalue weighted by molar-refractivity contribution is -0.137. The van der Waals surface area contributed by atoms with Gasteiger partial charge < -0.3 is 15.6 Å². The van der Waals surface area contributed by atoms with Crippen molar-refractivity contribution in [3.63, 3.8) is 0 Å². The van der Waals surface area contributed by atoms with Gasteiger partial charge in [0.05, 0.1) is 18.3 Å². The lowest BCUT2D eigenvalue weighted by atomic mass is 10.2. The smallest absolute Gasteiger partial charge is 0.419 e. The van der Waals surface area contributed by atoms with E-state index in [1.807, 2.05) is 0 Å². The molecule has 7 nitrogen and oxygen atoms in total. The monoisotopic (exact) mass is 358 g/mol. The van der Waals surface area contributed by atoms with Gasteiger partial charge >= 0.3 is 6.18 Å². The second-order valence-electron chi connectivity index (χ2n) is 4.80. The highest BCUT2D eigenvalue weighted by atomic mass is 19.4. The molecule has 0 amide bonds. The Labute approximate surface area is 141 Å². The second-order valence-corrected chi connectivity index (χ2v) is 4.80. The number of nitrogen functional groups attached to an aromatic ring is 1. The Morgan fingerprint density at radius 3 is 2.36 bits per heavy atom. The molecule has 0 fully saturated rings. The van der Waals surface area contributed by atoms with Crippen molar-refractivity contribution < 1.29 is 27.8 Å². The third-order valence-electron chi connectivity index (χ3n) is 2.72. The number of ether oxygens (including phenoxy) is 1. The molecule has 0 aliphatic rings. The highest BCUT2D eigenvalue weighted by Crippen LogP contribution is 2.28. The highest BCUT2D eigenvalue weighted by Gasteiger charge is 2.32. The molecule has 1 heterocycles. The SMILES string of the molecule is CC(=O)O.N=C(N)c1ccc(OCCn2cc(C(F)(F)F)cn2)cc1. The van der Waals surface area contributed by atoms with Crippen LogP contribution in [-0.4, -0.2) is 33.3 Å². The summed E-state index contributed by atoms with van der Waals surface area (Å²) < 4.78 is 43.7. The van der Waals surface area contributed by atoms with Crippen LogP contribution in [0.1, 0.15) is 18.1 Å². The van der Waals surface area contributed by atoms with E-state index >= 15 is 0 Å². The van der Waals surface area contributed by atoms with Gasteiger partial charge in [0.15, 0.2) is 0 Å². The van der Waals surface area contributed by atoms with Crippen molar-refractivity contribution in [1.82, 2.24) is 9.78 Å². The van der Waals surface area contributed by atoms with Crippen molar-refractivity contribution in [1.29, 1.82) is 5.41 Å². The molecule has 0 spiro atoms. The summed E-state index contributed by atoms with van der Waals surface area (Å²) in [4.78, 5) is 9.00. The summed E-state index contributed by atoms with van der Waals surface area (Å²) in [6.45, 7) is 1.46. The third-order valence-corrected chi connectivity index (χ3v) is 2.72. The lowest BCUT2D eigenvalue weighted by Gasteiger charge is -2.07. The third kappa shape index (κ3) is 7.38. The van der Waals surface area contributed by atoms with Gasteiger partial charge in [-0.25, -0.2) is 0 Å². The number of aromatic nitrogens is 2. The molecule has 25 heavy (non-hydrogen) atoms. The molecule has 0 saturated heterocycles. The zero-order valence-corrected chi connectivity index (χ0v) is 13.2. The largest absolute Gasteiger partial charge is 0.492 e. The molecule has 0 aliphatic carbocycles. The minimum absolute atomic E-state index is 0.0437. The number of halogens is 3. The van der Waals surface area contributed by atoms with Crippen LogP contribution in [0.5, 0.6) is 5.75 Å². The molecule has 10 heteroatoms. The lowest BCUT2D eigenvalue weighted by Crippen LogP contribution is -2.11. The summed E-state index contributed by atoms with van der Waals surface area (Å²) in [5, 5.41) is 18.3. The topological polar surface area (TPSA) is 114 Å². The molecular weight excluding hydrogens is 341 g/mol. The molecule has 2 aromatic rings. The zero-order valence-electron chi connectivity index (χ0n) is 13.2. The van der Waals surface area contributed by atoms with Gasteiger partial charge in [0.2, 0.25) is 0 Å². The van der Waals surface area contributed by atoms with E-state index in [2.05, 4.69) is 5.10 Å². The number of carboxylic acid groups (broad SMARTS) is 1. The number of nitrogens with two attached hydrogens (primary N) is 1. The number of carbonyl (C=O) groups is 1. The standard InChI is InChI=1S/C13H13F3N4O.C2H4O2/c14-13(15,16)10-7-19-20(8-10)5-6-21-11-3-1-9(2-4-11)12(17)18;1-2(3)4/h1-4,7-8H,5-6H2,(H3,17,18);1H3,(H,3,4). The number of nitrogens with one attached hydrogen (secondary N) is 1. The number of alkyl halides is 3. The van der Waals surface area contributed by atoms with E-state index in [4.69, 9.17) is 25.8 Å². The average molecular weight is 358 g/mol. The van der Waals surface area contributed by atoms with Crippen molar-refractivity contribution in [2.24, 2.45) is 5.73 Å². The molecule has 0 radical (unpaired) electrons. The van der Waals surface area contributed by atoms with Crippen molar-refractivity contribution >= 4 is 11.8 Å². The summed E-state index contributed by atoms with van der Waals surface area (Å²) in [7, 11) is 0. The van der Waals surface area contributed by atoms with Gasteiger partial charge in [-0.1, -0.05) is 0 Å². The van der Waals surface area contributed by atoms with Crippen LogP contribution in [0.15, 0.2) is 36.7 Å². The fourth-order valence-corrected chi connectivity index (χ4v) is 1.62. The summed E-state index contributed by atoms with van der Waals surface area (Å²) in [6, 6.07) is 6.54. The quantitative estimate of drug-likeness (QED) is 0.561. The van der Waals surface area contributed by atoms with E-state index in [9.17, 15) is 13.2 Å². The van der Waals surface area contributed by atoms with Gasteiger partial charge in [0.25, 0.3) is 5.97 Å². The maximum Gasteiger partial charge on any atom is 0.419 e. The Bertz CT molecular complexity index is 708. The Balaban J connectivity index is 0.000000705. The first-order valence-corrected chi connectivity index (χ1v) is 6.96. The minimum atomic E-state index is -4.39. The molecule has 136 valence electrons. The Hall–Kier alpha value is -3.04. The first-order valence-electron chi connectivity index (χ1n) is 6.96. The highest BCUT2D eigenvalue weighted by molar-refractivity contribution is 5.94. The number of amidine groups is 1. The van der Waals surface area contributed by atoms with E-state index in [1.54, 1.807) is 24.3 Å². The number of aliphatic carboxylic acids is 1. The maximum atomic E-state index is 12.4. The van der Waals surface area contributed by atoms with Crippen LogP contribution >= 0.6 is 0 Å². The molecule has 0 saturated carbocycles. The molecular formula is C15H17F3N4O3. The van der Waals surface area contributed by atoms with Crippen LogP contribution in [0, 0.1) is 5.41 Å². The molecule has 0 aliphatic heterocycles. The molecule has 1 aromatic carbocycles. The van der Waals surface area contributed by atoms with E-state index in [-0.39, 0.29) is 19.0 Å². The Kier molecular flexibility index (Phi) is 6.97. The first kappa shape index (κ1) is 20.0. The predicted molar refractivity (Wildman–Crippen MR) is 83.5 cm³/mol. The van der Waals surface area contributed by atoms with E-state index in [0.29, 0.717) is 11.3 Å². The average Bonchev–Trinajstić information content (AvgIpc) is 2.96. The molecule has 2 rings (SSSR count). The maximum absolute atomic E-state index is 12.4. The van der Waals surface area contributed by atoms with Gasteiger partial charge in [0.1, 0.15) is 18.2 Å². The summed E-state index contributed by atoms with van der Waals surface area (Å²) in [5.74, 6) is -0.332. The number of rotatable bonds is 5. The Morgan fingerprint density at radius 2 is 1.92 bits per heavy atom. The number of benzene rings is 1. The predicted octanol–water partition coefficient (Wildman–Crippen LogP) is 2.36. The van der Waals surface area contributed by atoms with Gasteiger partial charge in [-0.15, -0.1) is 0 Å². The van der Waals surface area contributed by atoms with E-state index < -0.39 is 17.7 Å². The van der Waals surface area contributed by atoms with Crippen molar-refractivity contribution in [2.45, 2.75) is 19.6 Å². The fraction of sp³-hybridized carbons (Fsp3) is 0.267. The van der Waals surface area contributed by atoms with Crippen LogP contribution in [0.25, 0.3) is 0 Å². The van der Waals surface area contributed by atoms with Crippen LogP contribution in [0.2, 0.25) is 0 Å². The number of hydrogen-bond acceptors (Lipinski definition) is 4. The molecule has 0 unspecified atom stereocenters. The fourth-order valence-electron chi connectivity index (χ4n) is 1.62. The van der Waals surface area contributed by atoms with Crippen molar-refractivity contribution in [3.05, 3.63) is 47.8 Å². The summed E-state index contributed by atoms with van der Waals surface area (Å²) in [5.41, 5.74) is 5.11. The van der Waals surface area contributed by atoms with Crippen LogP contribution in [-0.2, 0) is 17.5 Å². The molecule has 0 atom stereocenters. The van der Waals surface area contributed by atoms with E-state index in [0.717, 1.165) is 19.3 Å². The molecule has 1 aromatic heterocycles. The van der Waals surface area contributed by atoms with Gasteiger partial charge in [-0.3, -0.25) is 14.9 Å². The zero-order chi connectivity index (χ0) is 19.0. The number of nitrogens with zero attached hydrogens (tertiary/aromatic N) is 2. The second kappa shape index (κ2) is 8.71. The van der Waals surface area contributed by atoms with Gasteiger partial charge in [-0.2, -0.15) is 18.3 Å². The Morgan fingerprint density at radius 1 is 1.36 bits per heavy atom. The van der Waals surface area contributed by atoms with Gasteiger partial charge in [0, 0.05) is 18.7 Å². The number of hydrogen-bond donors (Lipinski definition) is 3. The van der Waals surface area contributed by atoms with Crippen molar-refractivity contribution in [2.75, 3.05) is 6.61 Å². The van der Waals surface area contributed by atoms with E-state index in [1.165, 1.54) is 4.68 Å². The van der Waals surface area contributed by atoms with Crippen LogP contribution in [0.3, 0.4) is 0 Å². The van der Waals surface area contributed by atoms with Crippen LogP contribution in [0.4, 0.5) is 13.2 Å². The number of carboxylic acids is 1. The molecule has 0 bridgehead atoms.